The third kappa shape index (κ3) is 4.26. The number of tetrazole rings is 1. The number of hydrogen-bond donors (Lipinski definition) is 0. The Kier molecular flexibility index (Phi) is 5.62. The van der Waals surface area contributed by atoms with E-state index in [-0.39, 0.29) is 18.6 Å². The average Bonchev–Trinajstić information content (AvgIpc) is 3.31. The van der Waals surface area contributed by atoms with E-state index >= 15 is 0 Å². The number of thiophene rings is 1. The molecule has 26 heavy (non-hydrogen) atoms. The standard InChI is InChI=1S/C18H21N5O2S/c1-13(2)23-17(19-20-21-23)12-25-15-8-6-14(7-9-15)18(24)22(3)11-16-5-4-10-26-16/h4-10,13H,11-12H2,1-3H3. The molecule has 0 N–H and O–H groups in total. The number of carbonyl (C=O) groups is 1. The Morgan fingerprint density at radius 1 is 1.27 bits per heavy atom. The third-order valence-electron chi connectivity index (χ3n) is 3.84. The van der Waals surface area contributed by atoms with Crippen molar-refractivity contribution >= 4 is 17.2 Å². The number of nitrogens with zero attached hydrogens (tertiary/aromatic N) is 5. The number of aromatic nitrogens is 4. The topological polar surface area (TPSA) is 73.1 Å². The Labute approximate surface area is 156 Å². The molecular formula is C18H21N5O2S. The lowest BCUT2D eigenvalue weighted by Crippen LogP contribution is -2.25. The van der Waals surface area contributed by atoms with Gasteiger partial charge in [0.25, 0.3) is 5.91 Å². The van der Waals surface area contributed by atoms with E-state index < -0.39 is 0 Å². The van der Waals surface area contributed by atoms with Gasteiger partial charge in [0.1, 0.15) is 12.4 Å². The molecule has 0 aliphatic carbocycles. The van der Waals surface area contributed by atoms with Gasteiger partial charge in [0.05, 0.1) is 12.6 Å². The van der Waals surface area contributed by atoms with E-state index in [9.17, 15) is 4.79 Å². The van der Waals surface area contributed by atoms with E-state index in [0.29, 0.717) is 23.7 Å². The van der Waals surface area contributed by atoms with Gasteiger partial charge in [-0.15, -0.1) is 16.4 Å². The van der Waals surface area contributed by atoms with Gasteiger partial charge in [-0.25, -0.2) is 4.68 Å². The highest BCUT2D eigenvalue weighted by Crippen LogP contribution is 2.17. The van der Waals surface area contributed by atoms with Gasteiger partial charge in [-0.05, 0) is 60.0 Å². The molecule has 0 unspecified atom stereocenters. The summed E-state index contributed by atoms with van der Waals surface area (Å²) >= 11 is 1.64. The SMILES string of the molecule is CC(C)n1nnnc1COc1ccc(C(=O)N(C)Cc2cccs2)cc1. The lowest BCUT2D eigenvalue weighted by Gasteiger charge is -2.16. The number of carbonyl (C=O) groups excluding carboxylic acids is 1. The second kappa shape index (κ2) is 8.09. The zero-order chi connectivity index (χ0) is 18.5. The molecule has 3 aromatic rings. The Morgan fingerprint density at radius 3 is 2.69 bits per heavy atom. The smallest absolute Gasteiger partial charge is 0.253 e. The monoisotopic (exact) mass is 371 g/mol. The molecule has 0 aliphatic heterocycles. The van der Waals surface area contributed by atoms with Gasteiger partial charge in [0.15, 0.2) is 5.82 Å². The highest BCUT2D eigenvalue weighted by atomic mass is 32.1. The van der Waals surface area contributed by atoms with Crippen LogP contribution in [0.3, 0.4) is 0 Å². The zero-order valence-electron chi connectivity index (χ0n) is 15.0. The van der Waals surface area contributed by atoms with E-state index in [1.54, 1.807) is 52.2 Å². The summed E-state index contributed by atoms with van der Waals surface area (Å²) < 4.78 is 7.45. The van der Waals surface area contributed by atoms with Crippen LogP contribution in [0.25, 0.3) is 0 Å². The van der Waals surface area contributed by atoms with E-state index in [0.717, 1.165) is 4.88 Å². The molecule has 0 aliphatic rings. The van der Waals surface area contributed by atoms with Gasteiger partial charge in [-0.2, -0.15) is 0 Å². The summed E-state index contributed by atoms with van der Waals surface area (Å²) in [5.74, 6) is 1.31. The minimum atomic E-state index is -0.0197. The number of amides is 1. The van der Waals surface area contributed by atoms with E-state index in [2.05, 4.69) is 15.5 Å². The zero-order valence-corrected chi connectivity index (χ0v) is 15.8. The molecule has 1 aromatic carbocycles. The average molecular weight is 371 g/mol. The quantitative estimate of drug-likeness (QED) is 0.638. The molecule has 0 bridgehead atoms. The number of rotatable bonds is 7. The molecule has 0 atom stereocenters. The Bertz CT molecular complexity index is 843. The molecule has 8 heteroatoms. The van der Waals surface area contributed by atoms with Gasteiger partial charge in [0.2, 0.25) is 0 Å². The summed E-state index contributed by atoms with van der Waals surface area (Å²) in [5.41, 5.74) is 0.628. The van der Waals surface area contributed by atoms with Crippen LogP contribution in [0.15, 0.2) is 41.8 Å². The fourth-order valence-corrected chi connectivity index (χ4v) is 3.24. The van der Waals surface area contributed by atoms with Gasteiger partial charge < -0.3 is 9.64 Å². The summed E-state index contributed by atoms with van der Waals surface area (Å²) in [6, 6.07) is 11.3. The first kappa shape index (κ1) is 18.1. The molecular weight excluding hydrogens is 350 g/mol. The van der Waals surface area contributed by atoms with Crippen LogP contribution < -0.4 is 4.74 Å². The molecule has 2 heterocycles. The van der Waals surface area contributed by atoms with Gasteiger partial charge >= 0.3 is 0 Å². The van der Waals surface area contributed by atoms with E-state index in [1.165, 1.54) is 0 Å². The van der Waals surface area contributed by atoms with Crippen LogP contribution in [0.1, 0.15) is 40.9 Å². The highest BCUT2D eigenvalue weighted by molar-refractivity contribution is 7.09. The molecule has 3 rings (SSSR count). The first-order chi connectivity index (χ1) is 12.5. The summed E-state index contributed by atoms with van der Waals surface area (Å²) in [7, 11) is 1.80. The highest BCUT2D eigenvalue weighted by Gasteiger charge is 2.13. The van der Waals surface area contributed by atoms with Crippen molar-refractivity contribution in [1.82, 2.24) is 25.1 Å². The van der Waals surface area contributed by atoms with Crippen molar-refractivity contribution in [3.63, 3.8) is 0 Å². The molecule has 0 saturated carbocycles. The number of benzene rings is 1. The Balaban J connectivity index is 1.59. The molecule has 0 spiro atoms. The maximum atomic E-state index is 12.5. The first-order valence-corrected chi connectivity index (χ1v) is 9.20. The summed E-state index contributed by atoms with van der Waals surface area (Å²) in [5, 5.41) is 13.6. The van der Waals surface area contributed by atoms with Crippen LogP contribution >= 0.6 is 11.3 Å². The molecule has 2 aromatic heterocycles. The van der Waals surface area contributed by atoms with Crippen molar-refractivity contribution in [1.29, 1.82) is 0 Å². The van der Waals surface area contributed by atoms with Crippen LogP contribution in [0, 0.1) is 0 Å². The summed E-state index contributed by atoms with van der Waals surface area (Å²) in [6.45, 7) is 4.89. The predicted octanol–water partition coefficient (Wildman–Crippen LogP) is 3.17. The predicted molar refractivity (Wildman–Crippen MR) is 99.1 cm³/mol. The van der Waals surface area contributed by atoms with Crippen molar-refractivity contribution in [2.45, 2.75) is 33.0 Å². The molecule has 0 radical (unpaired) electrons. The second-order valence-electron chi connectivity index (χ2n) is 6.19. The lowest BCUT2D eigenvalue weighted by molar-refractivity contribution is 0.0786. The van der Waals surface area contributed by atoms with Crippen LogP contribution in [-0.2, 0) is 13.2 Å². The molecule has 0 fully saturated rings. The minimum absolute atomic E-state index is 0.0197. The minimum Gasteiger partial charge on any atom is -0.486 e. The van der Waals surface area contributed by atoms with Crippen LogP contribution in [-0.4, -0.2) is 38.1 Å². The maximum absolute atomic E-state index is 12.5. The van der Waals surface area contributed by atoms with E-state index in [4.69, 9.17) is 4.74 Å². The molecule has 0 saturated heterocycles. The van der Waals surface area contributed by atoms with E-state index in [1.807, 2.05) is 31.4 Å². The summed E-state index contributed by atoms with van der Waals surface area (Å²) in [6.07, 6.45) is 0. The fourth-order valence-electron chi connectivity index (χ4n) is 2.48. The summed E-state index contributed by atoms with van der Waals surface area (Å²) in [4.78, 5) is 15.4. The Hall–Kier alpha value is -2.74. The van der Waals surface area contributed by atoms with Gasteiger partial charge in [-0.3, -0.25) is 4.79 Å². The number of ether oxygens (including phenoxy) is 1. The van der Waals surface area contributed by atoms with Crippen LogP contribution in [0.4, 0.5) is 0 Å². The maximum Gasteiger partial charge on any atom is 0.253 e. The van der Waals surface area contributed by atoms with Crippen molar-refractivity contribution in [2.75, 3.05) is 7.05 Å². The normalized spacial score (nSPS) is 10.9. The second-order valence-corrected chi connectivity index (χ2v) is 7.22. The van der Waals surface area contributed by atoms with Gasteiger partial charge in [-0.1, -0.05) is 6.07 Å². The lowest BCUT2D eigenvalue weighted by atomic mass is 10.2. The third-order valence-corrected chi connectivity index (χ3v) is 4.70. The fraction of sp³-hybridized carbons (Fsp3) is 0.333. The largest absolute Gasteiger partial charge is 0.486 e. The van der Waals surface area contributed by atoms with Crippen molar-refractivity contribution in [3.8, 4) is 5.75 Å². The Morgan fingerprint density at radius 2 is 2.04 bits per heavy atom. The van der Waals surface area contributed by atoms with Crippen LogP contribution in [0.2, 0.25) is 0 Å². The van der Waals surface area contributed by atoms with Crippen molar-refractivity contribution in [3.05, 3.63) is 58.0 Å². The first-order valence-electron chi connectivity index (χ1n) is 8.32. The van der Waals surface area contributed by atoms with Crippen LogP contribution in [0.5, 0.6) is 5.75 Å². The van der Waals surface area contributed by atoms with Crippen molar-refractivity contribution in [2.24, 2.45) is 0 Å². The molecule has 1 amide bonds. The number of hydrogen-bond acceptors (Lipinski definition) is 6. The molecule has 7 nitrogen and oxygen atoms in total. The van der Waals surface area contributed by atoms with Crippen molar-refractivity contribution < 1.29 is 9.53 Å². The van der Waals surface area contributed by atoms with Gasteiger partial charge in [0, 0.05) is 17.5 Å². The molecule has 136 valence electrons.